The lowest BCUT2D eigenvalue weighted by Gasteiger charge is -2.34. The highest BCUT2D eigenvalue weighted by Gasteiger charge is 2.35. The fraction of sp³-hybridized carbons (Fsp3) is 0.333. The van der Waals surface area contributed by atoms with E-state index in [0.29, 0.717) is 5.56 Å². The number of hydrogen-bond acceptors (Lipinski definition) is 5. The fourth-order valence-electron chi connectivity index (χ4n) is 4.30. The summed E-state index contributed by atoms with van der Waals surface area (Å²) in [6.45, 7) is 6.50. The average molecular weight is 604 g/mol. The third-order valence-corrected chi connectivity index (χ3v) is 8.39. The number of nitrogens with one attached hydrogen (secondary N) is 1. The lowest BCUT2D eigenvalue weighted by molar-refractivity contribution is -0.140. The van der Waals surface area contributed by atoms with Gasteiger partial charge in [-0.05, 0) is 75.2 Å². The molecule has 41 heavy (non-hydrogen) atoms. The predicted molar refractivity (Wildman–Crippen MR) is 158 cm³/mol. The number of ether oxygens (including phenoxy) is 1. The Labute approximate surface area is 246 Å². The van der Waals surface area contributed by atoms with Crippen molar-refractivity contribution >= 4 is 39.1 Å². The number of amides is 2. The quantitative estimate of drug-likeness (QED) is 0.302. The van der Waals surface area contributed by atoms with Crippen LogP contribution in [-0.2, 0) is 26.2 Å². The third-order valence-electron chi connectivity index (χ3n) is 6.38. The fourth-order valence-corrected chi connectivity index (χ4v) is 5.88. The molecule has 1 N–H and O–H groups in total. The molecular weight excluding hydrogens is 569 g/mol. The molecular formula is C30H35ClFN3O5S. The van der Waals surface area contributed by atoms with Gasteiger partial charge in [-0.3, -0.25) is 13.9 Å². The Hall–Kier alpha value is -3.63. The number of anilines is 1. The Bertz CT molecular complexity index is 1460. The summed E-state index contributed by atoms with van der Waals surface area (Å²) in [7, 11) is -2.92. The molecule has 2 amide bonds. The largest absolute Gasteiger partial charge is 0.495 e. The van der Waals surface area contributed by atoms with Crippen molar-refractivity contribution in [1.29, 1.82) is 0 Å². The van der Waals surface area contributed by atoms with Crippen LogP contribution in [0, 0.1) is 12.7 Å². The molecule has 0 aliphatic heterocycles. The summed E-state index contributed by atoms with van der Waals surface area (Å²) in [6.07, 6.45) is 0.261. The average Bonchev–Trinajstić information content (AvgIpc) is 2.92. The molecule has 0 saturated carbocycles. The van der Waals surface area contributed by atoms with Crippen LogP contribution >= 0.6 is 11.6 Å². The van der Waals surface area contributed by atoms with Gasteiger partial charge in [-0.25, -0.2) is 12.8 Å². The summed E-state index contributed by atoms with van der Waals surface area (Å²) in [6, 6.07) is 15.2. The van der Waals surface area contributed by atoms with Crippen LogP contribution in [0.5, 0.6) is 5.75 Å². The SMILES string of the molecule is CC[C@@H](C(=O)NC(C)C)N(Cc1ccc(F)cc1)C(=O)CN(c1cc(Cl)ccc1OC)S(=O)(=O)c1ccc(C)cc1. The van der Waals surface area contributed by atoms with E-state index in [-0.39, 0.29) is 46.3 Å². The van der Waals surface area contributed by atoms with Crippen LogP contribution < -0.4 is 14.4 Å². The number of carbonyl (C=O) groups excluding carboxylic acids is 2. The van der Waals surface area contributed by atoms with Gasteiger partial charge in [0, 0.05) is 17.6 Å². The minimum Gasteiger partial charge on any atom is -0.495 e. The Morgan fingerprint density at radius 1 is 1.02 bits per heavy atom. The molecule has 0 aliphatic rings. The Kier molecular flexibility index (Phi) is 10.8. The molecule has 0 aromatic heterocycles. The molecule has 0 spiro atoms. The zero-order valence-corrected chi connectivity index (χ0v) is 25.3. The van der Waals surface area contributed by atoms with Crippen LogP contribution in [0.25, 0.3) is 0 Å². The van der Waals surface area contributed by atoms with E-state index >= 15 is 0 Å². The number of nitrogens with zero attached hydrogens (tertiary/aromatic N) is 2. The second-order valence-electron chi connectivity index (χ2n) is 9.88. The third kappa shape index (κ3) is 7.98. The minimum atomic E-state index is -4.30. The molecule has 3 aromatic carbocycles. The van der Waals surface area contributed by atoms with Gasteiger partial charge < -0.3 is 15.0 Å². The van der Waals surface area contributed by atoms with Gasteiger partial charge in [0.1, 0.15) is 24.2 Å². The van der Waals surface area contributed by atoms with Gasteiger partial charge in [0.25, 0.3) is 10.0 Å². The first-order chi connectivity index (χ1) is 19.4. The maximum Gasteiger partial charge on any atom is 0.264 e. The molecule has 0 heterocycles. The molecule has 0 fully saturated rings. The van der Waals surface area contributed by atoms with E-state index in [1.54, 1.807) is 39.0 Å². The number of methoxy groups -OCH3 is 1. The van der Waals surface area contributed by atoms with Crippen molar-refractivity contribution in [2.75, 3.05) is 18.0 Å². The highest BCUT2D eigenvalue weighted by molar-refractivity contribution is 7.92. The van der Waals surface area contributed by atoms with Gasteiger partial charge >= 0.3 is 0 Å². The van der Waals surface area contributed by atoms with Crippen molar-refractivity contribution in [3.8, 4) is 5.75 Å². The van der Waals surface area contributed by atoms with E-state index < -0.39 is 34.3 Å². The zero-order valence-electron chi connectivity index (χ0n) is 23.7. The molecule has 0 saturated heterocycles. The van der Waals surface area contributed by atoms with Crippen LogP contribution in [-0.4, -0.2) is 50.9 Å². The van der Waals surface area contributed by atoms with Crippen LogP contribution in [0.15, 0.2) is 71.6 Å². The minimum absolute atomic E-state index is 0.0346. The number of hydrogen-bond donors (Lipinski definition) is 1. The van der Waals surface area contributed by atoms with Crippen LogP contribution in [0.4, 0.5) is 10.1 Å². The lowest BCUT2D eigenvalue weighted by Crippen LogP contribution is -2.53. The molecule has 3 aromatic rings. The molecule has 11 heteroatoms. The first-order valence-corrected chi connectivity index (χ1v) is 15.0. The van der Waals surface area contributed by atoms with E-state index in [0.717, 1.165) is 9.87 Å². The summed E-state index contributed by atoms with van der Waals surface area (Å²) in [5, 5.41) is 3.07. The summed E-state index contributed by atoms with van der Waals surface area (Å²) in [5.41, 5.74) is 1.50. The number of halogens is 2. The molecule has 0 bridgehead atoms. The first kappa shape index (κ1) is 31.9. The molecule has 0 radical (unpaired) electrons. The first-order valence-electron chi connectivity index (χ1n) is 13.1. The van der Waals surface area contributed by atoms with Crippen molar-refractivity contribution in [2.24, 2.45) is 0 Å². The number of benzene rings is 3. The summed E-state index contributed by atoms with van der Waals surface area (Å²) in [5.74, 6) is -1.28. The summed E-state index contributed by atoms with van der Waals surface area (Å²) < 4.78 is 48.1. The van der Waals surface area contributed by atoms with Crippen LogP contribution in [0.3, 0.4) is 0 Å². The molecule has 220 valence electrons. The van der Waals surface area contributed by atoms with Gasteiger partial charge in [0.2, 0.25) is 11.8 Å². The van der Waals surface area contributed by atoms with Crippen molar-refractivity contribution in [2.45, 2.75) is 57.6 Å². The Balaban J connectivity index is 2.13. The summed E-state index contributed by atoms with van der Waals surface area (Å²) in [4.78, 5) is 28.6. The monoisotopic (exact) mass is 603 g/mol. The van der Waals surface area contributed by atoms with E-state index in [1.165, 1.54) is 60.5 Å². The molecule has 0 aliphatic carbocycles. The van der Waals surface area contributed by atoms with Crippen LogP contribution in [0.1, 0.15) is 38.3 Å². The molecule has 8 nitrogen and oxygen atoms in total. The maximum absolute atomic E-state index is 14.1. The van der Waals surface area contributed by atoms with Gasteiger partial charge in [-0.2, -0.15) is 0 Å². The number of carbonyl (C=O) groups is 2. The van der Waals surface area contributed by atoms with Crippen molar-refractivity contribution in [3.05, 3.63) is 88.7 Å². The van der Waals surface area contributed by atoms with Crippen molar-refractivity contribution in [1.82, 2.24) is 10.2 Å². The van der Waals surface area contributed by atoms with E-state index in [1.807, 2.05) is 6.92 Å². The Morgan fingerprint density at radius 3 is 2.22 bits per heavy atom. The van der Waals surface area contributed by atoms with Gasteiger partial charge in [0.15, 0.2) is 0 Å². The number of aryl methyl sites for hydroxylation is 1. The molecule has 1 atom stereocenters. The highest BCUT2D eigenvalue weighted by Crippen LogP contribution is 2.35. The Morgan fingerprint density at radius 2 is 1.66 bits per heavy atom. The number of sulfonamides is 1. The standard InChI is InChI=1S/C30H35ClFN3O5S/c1-6-26(30(37)33-20(2)3)34(18-22-9-12-24(32)13-10-22)29(36)19-35(27-17-23(31)11-16-28(27)40-5)41(38,39)25-14-7-21(4)8-15-25/h7-17,20,26H,6,18-19H2,1-5H3,(H,33,37)/t26-/m0/s1. The second kappa shape index (κ2) is 13.8. The highest BCUT2D eigenvalue weighted by atomic mass is 35.5. The normalized spacial score (nSPS) is 12.1. The van der Waals surface area contributed by atoms with Crippen molar-refractivity contribution < 1.29 is 27.1 Å². The van der Waals surface area contributed by atoms with E-state index in [4.69, 9.17) is 16.3 Å². The topological polar surface area (TPSA) is 96.0 Å². The van der Waals surface area contributed by atoms with Gasteiger partial charge in [0.05, 0.1) is 17.7 Å². The van der Waals surface area contributed by atoms with Crippen molar-refractivity contribution in [3.63, 3.8) is 0 Å². The maximum atomic E-state index is 14.1. The number of rotatable bonds is 12. The second-order valence-corrected chi connectivity index (χ2v) is 12.2. The van der Waals surface area contributed by atoms with Gasteiger partial charge in [-0.15, -0.1) is 0 Å². The molecule has 0 unspecified atom stereocenters. The smallest absolute Gasteiger partial charge is 0.264 e. The van der Waals surface area contributed by atoms with Gasteiger partial charge in [-0.1, -0.05) is 48.4 Å². The van der Waals surface area contributed by atoms with Crippen LogP contribution in [0.2, 0.25) is 5.02 Å². The molecule has 3 rings (SSSR count). The van der Waals surface area contributed by atoms with E-state index in [9.17, 15) is 22.4 Å². The predicted octanol–water partition coefficient (Wildman–Crippen LogP) is 5.32. The zero-order chi connectivity index (χ0) is 30.3. The summed E-state index contributed by atoms with van der Waals surface area (Å²) >= 11 is 6.26. The van der Waals surface area contributed by atoms with E-state index in [2.05, 4.69) is 5.32 Å². The lowest BCUT2D eigenvalue weighted by atomic mass is 10.1.